The van der Waals surface area contributed by atoms with E-state index >= 15 is 0 Å². The van der Waals surface area contributed by atoms with Crippen LogP contribution in [0.15, 0.2) is 60.8 Å². The molecule has 2 nitrogen and oxygen atoms in total. The third kappa shape index (κ3) is 2.28. The average Bonchev–Trinajstić information content (AvgIpc) is 2.89. The van der Waals surface area contributed by atoms with Crippen LogP contribution < -0.4 is 0 Å². The summed E-state index contributed by atoms with van der Waals surface area (Å²) in [5.74, 6) is 0. The molecule has 2 heteroatoms. The molecule has 0 unspecified atom stereocenters. The van der Waals surface area contributed by atoms with Crippen molar-refractivity contribution in [3.8, 4) is 0 Å². The predicted octanol–water partition coefficient (Wildman–Crippen LogP) is 4.01. The maximum atomic E-state index is 4.05. The lowest BCUT2D eigenvalue weighted by atomic mass is 10.1. The molecular formula is C18H17N2+. The number of para-hydroxylation sites is 1. The Morgan fingerprint density at radius 3 is 2.50 bits per heavy atom. The normalized spacial score (nSPS) is 11.8. The largest absolute Gasteiger partial charge is 0.360 e. The Morgan fingerprint density at radius 2 is 1.75 bits per heavy atom. The van der Waals surface area contributed by atoms with Gasteiger partial charge in [-0.05, 0) is 11.6 Å². The Balaban J connectivity index is 2.17. The molecule has 0 saturated carbocycles. The van der Waals surface area contributed by atoms with Gasteiger partial charge in [-0.15, -0.1) is 0 Å². The standard InChI is InChI=1S/C18H17N2/c1-20(2)18(12-14-8-4-3-5-9-14)16-13-19-17-11-7-6-10-15(16)17/h3-13,19H,1H2,2H3/q+1. The van der Waals surface area contributed by atoms with Gasteiger partial charge in [0.1, 0.15) is 13.8 Å². The molecule has 20 heavy (non-hydrogen) atoms. The molecule has 0 aliphatic carbocycles. The summed E-state index contributed by atoms with van der Waals surface area (Å²) in [6.07, 6.45) is 4.20. The summed E-state index contributed by atoms with van der Waals surface area (Å²) in [5.41, 5.74) is 4.57. The first-order chi connectivity index (χ1) is 9.75. The molecule has 3 aromatic rings. The number of H-pyrrole nitrogens is 1. The Labute approximate surface area is 118 Å². The lowest BCUT2D eigenvalue weighted by Crippen LogP contribution is -2.00. The second kappa shape index (κ2) is 5.17. The van der Waals surface area contributed by atoms with Crippen molar-refractivity contribution in [3.63, 3.8) is 0 Å². The number of fused-ring (bicyclic) bond motifs is 1. The second-order valence-corrected chi connectivity index (χ2v) is 4.89. The quantitative estimate of drug-likeness (QED) is 0.542. The van der Waals surface area contributed by atoms with Crippen LogP contribution in [0.25, 0.3) is 22.7 Å². The third-order valence-electron chi connectivity index (χ3n) is 3.38. The van der Waals surface area contributed by atoms with E-state index in [0.29, 0.717) is 0 Å². The van der Waals surface area contributed by atoms with E-state index in [0.717, 1.165) is 11.2 Å². The number of aromatic nitrogens is 1. The topological polar surface area (TPSA) is 18.8 Å². The third-order valence-corrected chi connectivity index (χ3v) is 3.38. The van der Waals surface area contributed by atoms with Crippen LogP contribution in [-0.2, 0) is 0 Å². The van der Waals surface area contributed by atoms with Crippen molar-refractivity contribution < 1.29 is 4.58 Å². The molecule has 0 aliphatic rings. The van der Waals surface area contributed by atoms with E-state index in [4.69, 9.17) is 0 Å². The minimum Gasteiger partial charge on any atom is -0.360 e. The van der Waals surface area contributed by atoms with Gasteiger partial charge in [-0.2, -0.15) is 0 Å². The molecule has 0 amide bonds. The molecule has 2 aromatic carbocycles. The van der Waals surface area contributed by atoms with Crippen molar-refractivity contribution in [3.05, 3.63) is 71.9 Å². The van der Waals surface area contributed by atoms with Crippen LogP contribution in [0.1, 0.15) is 11.1 Å². The van der Waals surface area contributed by atoms with Gasteiger partial charge in [0.25, 0.3) is 0 Å². The molecule has 1 N–H and O–H groups in total. The summed E-state index contributed by atoms with van der Waals surface area (Å²) in [6, 6.07) is 18.6. The van der Waals surface area contributed by atoms with Gasteiger partial charge in [-0.1, -0.05) is 48.5 Å². The van der Waals surface area contributed by atoms with E-state index < -0.39 is 0 Å². The molecule has 0 bridgehead atoms. The Hall–Kier alpha value is -2.61. The fourth-order valence-corrected chi connectivity index (χ4v) is 2.38. The van der Waals surface area contributed by atoms with E-state index in [2.05, 4.69) is 48.1 Å². The van der Waals surface area contributed by atoms with Gasteiger partial charge in [0.2, 0.25) is 5.70 Å². The fourth-order valence-electron chi connectivity index (χ4n) is 2.38. The number of aromatic amines is 1. The van der Waals surface area contributed by atoms with Crippen molar-refractivity contribution in [1.29, 1.82) is 0 Å². The molecule has 0 radical (unpaired) electrons. The molecule has 0 spiro atoms. The number of hydrogen-bond acceptors (Lipinski definition) is 0. The molecule has 1 heterocycles. The zero-order valence-corrected chi connectivity index (χ0v) is 11.5. The first kappa shape index (κ1) is 12.4. The molecule has 0 aliphatic heterocycles. The minimum absolute atomic E-state index is 1.09. The van der Waals surface area contributed by atoms with Gasteiger partial charge in [0.15, 0.2) is 0 Å². The Morgan fingerprint density at radius 1 is 1.05 bits per heavy atom. The highest BCUT2D eigenvalue weighted by Crippen LogP contribution is 2.26. The smallest absolute Gasteiger partial charge is 0.214 e. The summed E-state index contributed by atoms with van der Waals surface area (Å²) in [7, 11) is 1.97. The highest BCUT2D eigenvalue weighted by Gasteiger charge is 2.15. The van der Waals surface area contributed by atoms with Crippen LogP contribution in [0.2, 0.25) is 0 Å². The lowest BCUT2D eigenvalue weighted by molar-refractivity contribution is -0.384. The van der Waals surface area contributed by atoms with Gasteiger partial charge in [0.05, 0.1) is 5.56 Å². The van der Waals surface area contributed by atoms with E-state index in [1.807, 2.05) is 42.1 Å². The van der Waals surface area contributed by atoms with Gasteiger partial charge in [-0.25, -0.2) is 4.58 Å². The van der Waals surface area contributed by atoms with Crippen LogP contribution in [0.4, 0.5) is 0 Å². The van der Waals surface area contributed by atoms with E-state index in [-0.39, 0.29) is 0 Å². The molecule has 0 fully saturated rings. The lowest BCUT2D eigenvalue weighted by Gasteiger charge is -2.01. The number of benzene rings is 2. The SMILES string of the molecule is C=[N+](C)C(=Cc1ccccc1)c1c[nH]c2ccccc12. The predicted molar refractivity (Wildman–Crippen MR) is 85.9 cm³/mol. The zero-order valence-electron chi connectivity index (χ0n) is 11.5. The molecule has 98 valence electrons. The number of hydrogen-bond donors (Lipinski definition) is 1. The summed E-state index contributed by atoms with van der Waals surface area (Å²) < 4.78 is 1.91. The van der Waals surface area contributed by atoms with Crippen LogP contribution in [0, 0.1) is 0 Å². The molecule has 0 atom stereocenters. The Kier molecular flexibility index (Phi) is 3.21. The summed E-state index contributed by atoms with van der Waals surface area (Å²) in [6.45, 7) is 4.05. The van der Waals surface area contributed by atoms with Crippen LogP contribution in [-0.4, -0.2) is 23.3 Å². The van der Waals surface area contributed by atoms with Crippen LogP contribution >= 0.6 is 0 Å². The van der Waals surface area contributed by atoms with Gasteiger partial charge >= 0.3 is 0 Å². The maximum Gasteiger partial charge on any atom is 0.214 e. The van der Waals surface area contributed by atoms with E-state index in [1.165, 1.54) is 16.5 Å². The van der Waals surface area contributed by atoms with Crippen molar-refractivity contribution >= 4 is 29.4 Å². The van der Waals surface area contributed by atoms with Gasteiger partial charge < -0.3 is 4.98 Å². The molecule has 1 aromatic heterocycles. The highest BCUT2D eigenvalue weighted by atomic mass is 15.0. The molecular weight excluding hydrogens is 244 g/mol. The van der Waals surface area contributed by atoms with Crippen molar-refractivity contribution in [2.45, 2.75) is 0 Å². The first-order valence-electron chi connectivity index (χ1n) is 6.63. The monoisotopic (exact) mass is 261 g/mol. The number of nitrogens with one attached hydrogen (secondary N) is 1. The fraction of sp³-hybridized carbons (Fsp3) is 0.0556. The summed E-state index contributed by atoms with van der Waals surface area (Å²) >= 11 is 0. The summed E-state index contributed by atoms with van der Waals surface area (Å²) in [4.78, 5) is 3.31. The number of rotatable bonds is 3. The van der Waals surface area contributed by atoms with Crippen LogP contribution in [0.3, 0.4) is 0 Å². The maximum absolute atomic E-state index is 4.05. The number of nitrogens with zero attached hydrogens (tertiary/aromatic N) is 1. The van der Waals surface area contributed by atoms with E-state index in [9.17, 15) is 0 Å². The van der Waals surface area contributed by atoms with E-state index in [1.54, 1.807) is 0 Å². The minimum atomic E-state index is 1.09. The van der Waals surface area contributed by atoms with Gasteiger partial charge in [0, 0.05) is 23.2 Å². The Bertz CT molecular complexity index is 779. The highest BCUT2D eigenvalue weighted by molar-refractivity contribution is 5.94. The van der Waals surface area contributed by atoms with Crippen molar-refractivity contribution in [2.24, 2.45) is 0 Å². The zero-order chi connectivity index (χ0) is 13.9. The van der Waals surface area contributed by atoms with Gasteiger partial charge in [-0.3, -0.25) is 0 Å². The molecule has 0 saturated heterocycles. The first-order valence-corrected chi connectivity index (χ1v) is 6.63. The van der Waals surface area contributed by atoms with Crippen molar-refractivity contribution in [2.75, 3.05) is 7.05 Å². The van der Waals surface area contributed by atoms with Crippen LogP contribution in [0.5, 0.6) is 0 Å². The average molecular weight is 261 g/mol. The van der Waals surface area contributed by atoms with Crippen molar-refractivity contribution in [1.82, 2.24) is 4.98 Å². The second-order valence-electron chi connectivity index (χ2n) is 4.89. The molecule has 3 rings (SSSR count). The summed E-state index contributed by atoms with van der Waals surface area (Å²) in [5, 5.41) is 1.21.